The van der Waals surface area contributed by atoms with E-state index in [4.69, 9.17) is 4.74 Å². The van der Waals surface area contributed by atoms with Gasteiger partial charge in [-0.05, 0) is 12.0 Å². The largest absolute Gasteiger partial charge is 0.494 e. The fourth-order valence-electron chi connectivity index (χ4n) is 1.79. The average Bonchev–Trinajstić information content (AvgIpc) is 2.27. The minimum absolute atomic E-state index is 0.213. The molecule has 2 rings (SSSR count). The zero-order valence-corrected chi connectivity index (χ0v) is 10.6. The summed E-state index contributed by atoms with van der Waals surface area (Å²) in [7, 11) is 0.424. The molecule has 1 aliphatic heterocycles. The van der Waals surface area contributed by atoms with E-state index in [1.807, 2.05) is 0 Å². The molecule has 1 atom stereocenters. The highest BCUT2D eigenvalue weighted by Crippen LogP contribution is 2.21. The smallest absolute Gasteiger partial charge is 0.169 e. The van der Waals surface area contributed by atoms with Gasteiger partial charge in [0.05, 0.1) is 12.9 Å². The molecule has 17 heavy (non-hydrogen) atoms. The molecule has 0 bridgehead atoms. The van der Waals surface area contributed by atoms with Crippen LogP contribution in [0.3, 0.4) is 0 Å². The van der Waals surface area contributed by atoms with Crippen LogP contribution in [0.1, 0.15) is 5.56 Å². The summed E-state index contributed by atoms with van der Waals surface area (Å²) < 4.78 is 30.5. The molecule has 0 amide bonds. The Bertz CT molecular complexity index is 421. The van der Waals surface area contributed by atoms with Gasteiger partial charge in [-0.2, -0.15) is 0 Å². The SMILES string of the molecule is COc1cccc(CS(=O)CC2CNC2)c1F. The lowest BCUT2D eigenvalue weighted by Crippen LogP contribution is -2.44. The summed E-state index contributed by atoms with van der Waals surface area (Å²) in [5.74, 6) is 1.20. The van der Waals surface area contributed by atoms with Crippen LogP contribution >= 0.6 is 0 Å². The van der Waals surface area contributed by atoms with Crippen molar-refractivity contribution in [1.29, 1.82) is 0 Å². The third kappa shape index (κ3) is 3.04. The number of methoxy groups -OCH3 is 1. The molecule has 1 unspecified atom stereocenters. The quantitative estimate of drug-likeness (QED) is 0.864. The van der Waals surface area contributed by atoms with Gasteiger partial charge in [-0.1, -0.05) is 12.1 Å². The van der Waals surface area contributed by atoms with E-state index < -0.39 is 16.6 Å². The first-order chi connectivity index (χ1) is 8.20. The van der Waals surface area contributed by atoms with Gasteiger partial charge < -0.3 is 10.1 Å². The molecule has 0 radical (unpaired) electrons. The van der Waals surface area contributed by atoms with E-state index in [1.54, 1.807) is 18.2 Å². The van der Waals surface area contributed by atoms with Crippen molar-refractivity contribution >= 4 is 10.8 Å². The van der Waals surface area contributed by atoms with Gasteiger partial charge in [0.2, 0.25) is 0 Å². The first kappa shape index (κ1) is 12.5. The van der Waals surface area contributed by atoms with E-state index in [0.717, 1.165) is 13.1 Å². The lowest BCUT2D eigenvalue weighted by molar-refractivity contribution is 0.381. The molecule has 0 saturated carbocycles. The molecule has 0 aromatic heterocycles. The molecule has 94 valence electrons. The van der Waals surface area contributed by atoms with Gasteiger partial charge in [0.25, 0.3) is 0 Å². The summed E-state index contributed by atoms with van der Waals surface area (Å²) in [6, 6.07) is 4.95. The summed E-state index contributed by atoms with van der Waals surface area (Å²) in [5, 5.41) is 3.13. The molecular weight excluding hydrogens is 241 g/mol. The molecule has 0 aliphatic carbocycles. The fraction of sp³-hybridized carbons (Fsp3) is 0.500. The summed E-state index contributed by atoms with van der Waals surface area (Å²) in [4.78, 5) is 0. The number of ether oxygens (including phenoxy) is 1. The van der Waals surface area contributed by atoms with E-state index in [-0.39, 0.29) is 11.5 Å². The number of hydrogen-bond acceptors (Lipinski definition) is 3. The first-order valence-electron chi connectivity index (χ1n) is 5.57. The third-order valence-electron chi connectivity index (χ3n) is 2.87. The fourth-order valence-corrected chi connectivity index (χ4v) is 3.24. The molecule has 1 heterocycles. The number of nitrogens with one attached hydrogen (secondary N) is 1. The monoisotopic (exact) mass is 257 g/mol. The van der Waals surface area contributed by atoms with Crippen LogP contribution < -0.4 is 10.1 Å². The molecule has 1 fully saturated rings. The molecule has 1 saturated heterocycles. The molecule has 1 aromatic carbocycles. The highest BCUT2D eigenvalue weighted by atomic mass is 32.2. The van der Waals surface area contributed by atoms with Crippen LogP contribution in [-0.4, -0.2) is 30.2 Å². The summed E-state index contributed by atoms with van der Waals surface area (Å²) in [6.45, 7) is 1.85. The lowest BCUT2D eigenvalue weighted by Gasteiger charge is -2.26. The number of hydrogen-bond donors (Lipinski definition) is 1. The van der Waals surface area contributed by atoms with Crippen LogP contribution in [0.2, 0.25) is 0 Å². The normalized spacial score (nSPS) is 17.5. The van der Waals surface area contributed by atoms with Gasteiger partial charge in [0, 0.05) is 35.2 Å². The van der Waals surface area contributed by atoms with Crippen LogP contribution in [0.4, 0.5) is 4.39 Å². The predicted octanol–water partition coefficient (Wildman–Crippen LogP) is 1.30. The van der Waals surface area contributed by atoms with Crippen molar-refractivity contribution in [1.82, 2.24) is 5.32 Å². The maximum Gasteiger partial charge on any atom is 0.169 e. The molecule has 5 heteroatoms. The average molecular weight is 257 g/mol. The zero-order chi connectivity index (χ0) is 12.3. The predicted molar refractivity (Wildman–Crippen MR) is 66.0 cm³/mol. The Morgan fingerprint density at radius 2 is 2.29 bits per heavy atom. The maximum atomic E-state index is 13.8. The third-order valence-corrected chi connectivity index (χ3v) is 4.34. The Morgan fingerprint density at radius 3 is 2.88 bits per heavy atom. The van der Waals surface area contributed by atoms with Gasteiger partial charge in [-0.25, -0.2) is 4.39 Å². The van der Waals surface area contributed by atoms with Crippen LogP contribution in [0, 0.1) is 11.7 Å². The van der Waals surface area contributed by atoms with Crippen molar-refractivity contribution in [3.8, 4) is 5.75 Å². The van der Waals surface area contributed by atoms with Crippen LogP contribution in [0.15, 0.2) is 18.2 Å². The van der Waals surface area contributed by atoms with Crippen molar-refractivity contribution in [3.63, 3.8) is 0 Å². The van der Waals surface area contributed by atoms with Crippen molar-refractivity contribution in [2.75, 3.05) is 26.0 Å². The van der Waals surface area contributed by atoms with E-state index in [0.29, 0.717) is 17.2 Å². The van der Waals surface area contributed by atoms with Crippen LogP contribution in [-0.2, 0) is 16.6 Å². The van der Waals surface area contributed by atoms with Crippen molar-refractivity contribution < 1.29 is 13.3 Å². The summed E-state index contributed by atoms with van der Waals surface area (Å²) in [6.07, 6.45) is 0. The van der Waals surface area contributed by atoms with Crippen LogP contribution in [0.5, 0.6) is 5.75 Å². The van der Waals surface area contributed by atoms with Crippen molar-refractivity contribution in [2.45, 2.75) is 5.75 Å². The van der Waals surface area contributed by atoms with Gasteiger partial charge in [-0.15, -0.1) is 0 Å². The summed E-state index contributed by atoms with van der Waals surface area (Å²) in [5.41, 5.74) is 0.468. The van der Waals surface area contributed by atoms with E-state index >= 15 is 0 Å². The van der Waals surface area contributed by atoms with Crippen molar-refractivity contribution in [3.05, 3.63) is 29.6 Å². The Balaban J connectivity index is 1.99. The van der Waals surface area contributed by atoms with Crippen LogP contribution in [0.25, 0.3) is 0 Å². The molecule has 1 aliphatic rings. The van der Waals surface area contributed by atoms with Gasteiger partial charge >= 0.3 is 0 Å². The maximum absolute atomic E-state index is 13.8. The highest BCUT2D eigenvalue weighted by molar-refractivity contribution is 7.84. The Kier molecular flexibility index (Phi) is 4.12. The lowest BCUT2D eigenvalue weighted by atomic mass is 10.1. The molecular formula is C12H16FNO2S. The number of benzene rings is 1. The number of rotatable bonds is 5. The topological polar surface area (TPSA) is 38.3 Å². The molecule has 3 nitrogen and oxygen atoms in total. The first-order valence-corrected chi connectivity index (χ1v) is 7.06. The van der Waals surface area contributed by atoms with Gasteiger partial charge in [0.1, 0.15) is 0 Å². The molecule has 1 aromatic rings. The summed E-state index contributed by atoms with van der Waals surface area (Å²) >= 11 is 0. The van der Waals surface area contributed by atoms with E-state index in [9.17, 15) is 8.60 Å². The van der Waals surface area contributed by atoms with Crippen molar-refractivity contribution in [2.24, 2.45) is 5.92 Å². The Labute approximate surface area is 103 Å². The Hall–Kier alpha value is -0.940. The second-order valence-electron chi connectivity index (χ2n) is 4.21. The molecule has 0 spiro atoms. The second kappa shape index (κ2) is 5.60. The number of halogens is 1. The minimum atomic E-state index is -1.01. The molecule has 1 N–H and O–H groups in total. The minimum Gasteiger partial charge on any atom is -0.494 e. The van der Waals surface area contributed by atoms with E-state index in [2.05, 4.69) is 5.32 Å². The highest BCUT2D eigenvalue weighted by Gasteiger charge is 2.20. The van der Waals surface area contributed by atoms with E-state index in [1.165, 1.54) is 7.11 Å². The standard InChI is InChI=1S/C12H16FNO2S/c1-16-11-4-2-3-10(12(11)13)8-17(15)7-9-5-14-6-9/h2-4,9,14H,5-8H2,1H3. The second-order valence-corrected chi connectivity index (χ2v) is 5.71. The van der Waals surface area contributed by atoms with Gasteiger partial charge in [0.15, 0.2) is 11.6 Å². The Morgan fingerprint density at radius 1 is 1.53 bits per heavy atom. The zero-order valence-electron chi connectivity index (χ0n) is 9.74. The van der Waals surface area contributed by atoms with Gasteiger partial charge in [-0.3, -0.25) is 4.21 Å².